The zero-order chi connectivity index (χ0) is 13.1. The second-order valence-electron chi connectivity index (χ2n) is 4.46. The Morgan fingerprint density at radius 3 is 2.89 bits per heavy atom. The van der Waals surface area contributed by atoms with E-state index in [9.17, 15) is 9.90 Å². The first kappa shape index (κ1) is 14.3. The Kier molecular flexibility index (Phi) is 5.04. The molecule has 18 heavy (non-hydrogen) atoms. The summed E-state index contributed by atoms with van der Waals surface area (Å²) in [7, 11) is 0. The molecule has 0 spiro atoms. The van der Waals surface area contributed by atoms with Crippen LogP contribution in [0.4, 0.5) is 0 Å². The Morgan fingerprint density at radius 2 is 2.28 bits per heavy atom. The Balaban J connectivity index is 2.04. The number of rotatable bonds is 4. The molecule has 2 rings (SSSR count). The van der Waals surface area contributed by atoms with Crippen LogP contribution < -0.4 is 0 Å². The molecule has 0 aromatic carbocycles. The van der Waals surface area contributed by atoms with E-state index in [1.807, 2.05) is 4.90 Å². The molecule has 1 aromatic rings. The van der Waals surface area contributed by atoms with Crippen molar-refractivity contribution >= 4 is 40.3 Å². The molecule has 2 heterocycles. The van der Waals surface area contributed by atoms with E-state index >= 15 is 0 Å². The van der Waals surface area contributed by atoms with Gasteiger partial charge in [-0.15, -0.1) is 11.3 Å². The van der Waals surface area contributed by atoms with Gasteiger partial charge in [0.1, 0.15) is 4.34 Å². The number of carbonyl (C=O) groups excluding carboxylic acids is 1. The summed E-state index contributed by atoms with van der Waals surface area (Å²) >= 11 is 13.0. The second-order valence-corrected chi connectivity index (χ2v) is 6.75. The van der Waals surface area contributed by atoms with E-state index in [0.29, 0.717) is 20.8 Å². The first-order chi connectivity index (χ1) is 8.61. The van der Waals surface area contributed by atoms with E-state index in [1.54, 1.807) is 6.07 Å². The van der Waals surface area contributed by atoms with Crippen LogP contribution in [0, 0.1) is 0 Å². The third-order valence-electron chi connectivity index (χ3n) is 3.26. The van der Waals surface area contributed by atoms with Crippen molar-refractivity contribution in [1.82, 2.24) is 4.90 Å². The van der Waals surface area contributed by atoms with Crippen molar-refractivity contribution < 1.29 is 9.90 Å². The van der Waals surface area contributed by atoms with Crippen LogP contribution >= 0.6 is 34.5 Å². The summed E-state index contributed by atoms with van der Waals surface area (Å²) < 4.78 is 0.975. The highest BCUT2D eigenvalue weighted by Gasteiger charge is 2.25. The van der Waals surface area contributed by atoms with Crippen molar-refractivity contribution in [3.05, 3.63) is 20.3 Å². The normalized spacial score (nSPS) is 21.2. The largest absolute Gasteiger partial charge is 0.395 e. The average molecular weight is 308 g/mol. The number of nitrogens with zero attached hydrogens (tertiary/aromatic N) is 1. The highest BCUT2D eigenvalue weighted by Crippen LogP contribution is 2.31. The molecule has 1 aliphatic heterocycles. The third kappa shape index (κ3) is 3.25. The lowest BCUT2D eigenvalue weighted by Gasteiger charge is -2.33. The fraction of sp³-hybridized carbons (Fsp3) is 0.583. The molecule has 0 radical (unpaired) electrons. The van der Waals surface area contributed by atoms with Crippen molar-refractivity contribution in [3.63, 3.8) is 0 Å². The number of Topliss-reactive ketones (excluding diaryl/α,β-unsaturated/α-hetero) is 1. The van der Waals surface area contributed by atoms with Crippen LogP contribution in [-0.4, -0.2) is 41.5 Å². The van der Waals surface area contributed by atoms with E-state index in [4.69, 9.17) is 23.2 Å². The number of ketones is 1. The summed E-state index contributed by atoms with van der Waals surface area (Å²) in [5.41, 5.74) is 0.494. The molecule has 0 bridgehead atoms. The number of hydrogen-bond acceptors (Lipinski definition) is 4. The van der Waals surface area contributed by atoms with Gasteiger partial charge in [-0.1, -0.05) is 29.6 Å². The lowest BCUT2D eigenvalue weighted by molar-refractivity contribution is 0.0712. The highest BCUT2D eigenvalue weighted by atomic mass is 35.5. The maximum Gasteiger partial charge on any atom is 0.179 e. The summed E-state index contributed by atoms with van der Waals surface area (Å²) in [6.45, 7) is 1.26. The van der Waals surface area contributed by atoms with Gasteiger partial charge in [-0.3, -0.25) is 9.69 Å². The quantitative estimate of drug-likeness (QED) is 0.869. The molecule has 1 fully saturated rings. The number of likely N-dealkylation sites (tertiary alicyclic amines) is 1. The van der Waals surface area contributed by atoms with Crippen molar-refractivity contribution in [2.75, 3.05) is 19.7 Å². The van der Waals surface area contributed by atoms with Crippen molar-refractivity contribution in [2.24, 2.45) is 0 Å². The van der Waals surface area contributed by atoms with Crippen molar-refractivity contribution in [1.29, 1.82) is 0 Å². The molecule has 1 aromatic heterocycles. The van der Waals surface area contributed by atoms with Crippen LogP contribution in [0.2, 0.25) is 8.67 Å². The molecule has 1 unspecified atom stereocenters. The van der Waals surface area contributed by atoms with Crippen LogP contribution in [-0.2, 0) is 0 Å². The number of hydrogen-bond donors (Lipinski definition) is 1. The molecule has 6 heteroatoms. The van der Waals surface area contributed by atoms with Crippen LogP contribution in [0.15, 0.2) is 6.07 Å². The van der Waals surface area contributed by atoms with E-state index in [1.165, 1.54) is 11.3 Å². The smallest absolute Gasteiger partial charge is 0.179 e. The standard InChI is InChI=1S/C12H15Cl2NO2S/c13-11-5-9(12(14)18-11)10(17)6-15-4-2-1-3-8(15)7-16/h5,8,16H,1-4,6-7H2. The monoisotopic (exact) mass is 307 g/mol. The first-order valence-electron chi connectivity index (χ1n) is 5.94. The van der Waals surface area contributed by atoms with Crippen LogP contribution in [0.25, 0.3) is 0 Å². The minimum atomic E-state index is -0.0245. The summed E-state index contributed by atoms with van der Waals surface area (Å²) in [5, 5.41) is 9.31. The van der Waals surface area contributed by atoms with E-state index in [-0.39, 0.29) is 18.4 Å². The molecule has 3 nitrogen and oxygen atoms in total. The molecule has 0 aliphatic carbocycles. The maximum absolute atomic E-state index is 12.1. The molecule has 100 valence electrons. The molecule has 1 atom stereocenters. The van der Waals surface area contributed by atoms with E-state index < -0.39 is 0 Å². The van der Waals surface area contributed by atoms with Crippen molar-refractivity contribution in [3.8, 4) is 0 Å². The van der Waals surface area contributed by atoms with Gasteiger partial charge in [-0.05, 0) is 25.5 Å². The summed E-state index contributed by atoms with van der Waals surface area (Å²) in [6, 6.07) is 1.71. The predicted octanol–water partition coefficient (Wildman–Crippen LogP) is 3.08. The zero-order valence-corrected chi connectivity index (χ0v) is 12.2. The van der Waals surface area contributed by atoms with Gasteiger partial charge in [-0.2, -0.15) is 0 Å². The Morgan fingerprint density at radius 1 is 1.50 bits per heavy atom. The lowest BCUT2D eigenvalue weighted by atomic mass is 10.0. The minimum absolute atomic E-state index is 0.0245. The van der Waals surface area contributed by atoms with Gasteiger partial charge in [0.25, 0.3) is 0 Å². The summed E-state index contributed by atoms with van der Waals surface area (Å²) in [4.78, 5) is 14.2. The number of piperidine rings is 1. The Hall–Kier alpha value is -0.130. The fourth-order valence-electron chi connectivity index (χ4n) is 2.27. The highest BCUT2D eigenvalue weighted by molar-refractivity contribution is 7.20. The van der Waals surface area contributed by atoms with Gasteiger partial charge in [0.15, 0.2) is 5.78 Å². The number of halogens is 2. The van der Waals surface area contributed by atoms with Gasteiger partial charge in [0.2, 0.25) is 0 Å². The van der Waals surface area contributed by atoms with Gasteiger partial charge in [0.05, 0.1) is 23.1 Å². The van der Waals surface area contributed by atoms with Gasteiger partial charge < -0.3 is 5.11 Å². The molecule has 1 aliphatic rings. The van der Waals surface area contributed by atoms with Crippen LogP contribution in [0.5, 0.6) is 0 Å². The molecule has 1 N–H and O–H groups in total. The Bertz CT molecular complexity index is 436. The number of aliphatic hydroxyl groups excluding tert-OH is 1. The summed E-state index contributed by atoms with van der Waals surface area (Å²) in [5.74, 6) is -0.0245. The van der Waals surface area contributed by atoms with Gasteiger partial charge >= 0.3 is 0 Å². The topological polar surface area (TPSA) is 40.5 Å². The number of carbonyl (C=O) groups is 1. The number of aliphatic hydroxyl groups is 1. The van der Waals surface area contributed by atoms with Gasteiger partial charge in [0, 0.05) is 6.04 Å². The SMILES string of the molecule is O=C(CN1CCCCC1CO)c1cc(Cl)sc1Cl. The number of thiophene rings is 1. The molecule has 0 amide bonds. The first-order valence-corrected chi connectivity index (χ1v) is 7.52. The minimum Gasteiger partial charge on any atom is -0.395 e. The molecule has 1 saturated heterocycles. The lowest BCUT2D eigenvalue weighted by Crippen LogP contribution is -2.44. The van der Waals surface area contributed by atoms with E-state index in [2.05, 4.69) is 0 Å². The molecule has 0 saturated carbocycles. The fourth-order valence-corrected chi connectivity index (χ4v) is 3.77. The second kappa shape index (κ2) is 6.35. The zero-order valence-electron chi connectivity index (χ0n) is 9.86. The average Bonchev–Trinajstić information content (AvgIpc) is 2.69. The molecular weight excluding hydrogens is 293 g/mol. The van der Waals surface area contributed by atoms with Crippen LogP contribution in [0.1, 0.15) is 29.6 Å². The van der Waals surface area contributed by atoms with Gasteiger partial charge in [-0.25, -0.2) is 0 Å². The predicted molar refractivity (Wildman–Crippen MR) is 75.0 cm³/mol. The molecular formula is C12H15Cl2NO2S. The Labute approximate surface area is 120 Å². The maximum atomic E-state index is 12.1. The summed E-state index contributed by atoms with van der Waals surface area (Å²) in [6.07, 6.45) is 3.13. The van der Waals surface area contributed by atoms with E-state index in [0.717, 1.165) is 25.8 Å². The third-order valence-corrected chi connectivity index (χ3v) is 4.75. The van der Waals surface area contributed by atoms with Crippen LogP contribution in [0.3, 0.4) is 0 Å². The van der Waals surface area contributed by atoms with Crippen molar-refractivity contribution in [2.45, 2.75) is 25.3 Å².